The minimum absolute atomic E-state index is 0.200. The predicted molar refractivity (Wildman–Crippen MR) is 90.0 cm³/mol. The molecule has 0 saturated carbocycles. The molecule has 1 aliphatic rings. The number of hydrogen-bond acceptors (Lipinski definition) is 3. The Morgan fingerprint density at radius 2 is 1.96 bits per heavy atom. The van der Waals surface area contributed by atoms with E-state index in [4.69, 9.17) is 5.11 Å². The molecule has 7 heteroatoms. The number of carbonyl (C=O) groups excluding carboxylic acids is 2. The van der Waals surface area contributed by atoms with Crippen LogP contribution >= 0.6 is 0 Å². The fraction of sp³-hybridized carbons (Fsp3) is 0.471. The van der Waals surface area contributed by atoms with E-state index in [1.807, 2.05) is 20.8 Å². The van der Waals surface area contributed by atoms with Crippen LogP contribution in [0.25, 0.3) is 0 Å². The van der Waals surface area contributed by atoms with Gasteiger partial charge in [-0.1, -0.05) is 6.07 Å². The summed E-state index contributed by atoms with van der Waals surface area (Å²) in [6.45, 7) is 6.28. The molecular weight excluding hydrogens is 310 g/mol. The van der Waals surface area contributed by atoms with Gasteiger partial charge in [0, 0.05) is 29.9 Å². The quantitative estimate of drug-likeness (QED) is 0.789. The van der Waals surface area contributed by atoms with Crippen molar-refractivity contribution < 1.29 is 19.5 Å². The first-order valence-electron chi connectivity index (χ1n) is 7.87. The number of carboxylic acid groups (broad SMARTS) is 1. The van der Waals surface area contributed by atoms with Gasteiger partial charge in [-0.3, -0.25) is 9.59 Å². The number of carboxylic acids is 1. The van der Waals surface area contributed by atoms with E-state index in [9.17, 15) is 14.4 Å². The second kappa shape index (κ2) is 6.90. The van der Waals surface area contributed by atoms with Crippen LogP contribution in [0.4, 0.5) is 10.5 Å². The Kier molecular flexibility index (Phi) is 5.11. The maximum absolute atomic E-state index is 12.2. The van der Waals surface area contributed by atoms with E-state index in [0.717, 1.165) is 0 Å². The van der Waals surface area contributed by atoms with E-state index < -0.39 is 11.9 Å². The number of benzene rings is 1. The highest BCUT2D eigenvalue weighted by Crippen LogP contribution is 2.18. The molecule has 1 saturated heterocycles. The third-order valence-corrected chi connectivity index (χ3v) is 3.69. The molecule has 1 atom stereocenters. The van der Waals surface area contributed by atoms with Crippen molar-refractivity contribution in [2.24, 2.45) is 5.92 Å². The summed E-state index contributed by atoms with van der Waals surface area (Å²) >= 11 is 0. The first-order valence-corrected chi connectivity index (χ1v) is 7.87. The second-order valence-electron chi connectivity index (χ2n) is 6.98. The zero-order valence-corrected chi connectivity index (χ0v) is 14.1. The van der Waals surface area contributed by atoms with Crippen LogP contribution < -0.4 is 10.6 Å². The second-order valence-corrected chi connectivity index (χ2v) is 6.98. The van der Waals surface area contributed by atoms with Crippen molar-refractivity contribution in [3.63, 3.8) is 0 Å². The van der Waals surface area contributed by atoms with Gasteiger partial charge in [-0.05, 0) is 45.4 Å². The highest BCUT2D eigenvalue weighted by Gasteiger charge is 2.30. The standard InChI is InChI=1S/C17H23N3O4/c1-17(2,3)19-14(21)11-5-4-6-13(9-11)18-16(24)20-8-7-12(10-20)15(22)23/h4-6,9,12H,7-8,10H2,1-3H3,(H,18,24)(H,19,21)(H,22,23). The highest BCUT2D eigenvalue weighted by molar-refractivity contribution is 5.97. The zero-order chi connectivity index (χ0) is 17.9. The van der Waals surface area contributed by atoms with Crippen LogP contribution in [0.15, 0.2) is 24.3 Å². The lowest BCUT2D eigenvalue weighted by Gasteiger charge is -2.21. The highest BCUT2D eigenvalue weighted by atomic mass is 16.4. The maximum Gasteiger partial charge on any atom is 0.321 e. The van der Waals surface area contributed by atoms with Gasteiger partial charge in [-0.25, -0.2) is 4.79 Å². The van der Waals surface area contributed by atoms with Crippen molar-refractivity contribution >= 4 is 23.6 Å². The number of carbonyl (C=O) groups is 3. The molecule has 1 unspecified atom stereocenters. The number of aliphatic carboxylic acids is 1. The number of likely N-dealkylation sites (tertiary alicyclic amines) is 1. The molecule has 2 rings (SSSR count). The summed E-state index contributed by atoms with van der Waals surface area (Å²) in [5.41, 5.74) is 0.602. The Hall–Kier alpha value is -2.57. The number of hydrogen-bond donors (Lipinski definition) is 3. The van der Waals surface area contributed by atoms with E-state index in [0.29, 0.717) is 24.2 Å². The van der Waals surface area contributed by atoms with Gasteiger partial charge in [0.1, 0.15) is 0 Å². The van der Waals surface area contributed by atoms with Crippen LogP contribution in [-0.4, -0.2) is 46.5 Å². The number of nitrogens with zero attached hydrogens (tertiary/aromatic N) is 1. The van der Waals surface area contributed by atoms with E-state index in [1.54, 1.807) is 24.3 Å². The summed E-state index contributed by atoms with van der Waals surface area (Å²) in [6.07, 6.45) is 0.455. The summed E-state index contributed by atoms with van der Waals surface area (Å²) in [6, 6.07) is 6.30. The molecule has 0 aliphatic carbocycles. The van der Waals surface area contributed by atoms with Gasteiger partial charge in [0.2, 0.25) is 0 Å². The van der Waals surface area contributed by atoms with Crippen LogP contribution in [0.1, 0.15) is 37.6 Å². The lowest BCUT2D eigenvalue weighted by Crippen LogP contribution is -2.40. The molecule has 3 N–H and O–H groups in total. The van der Waals surface area contributed by atoms with Crippen molar-refractivity contribution in [1.82, 2.24) is 10.2 Å². The molecule has 7 nitrogen and oxygen atoms in total. The van der Waals surface area contributed by atoms with Gasteiger partial charge in [-0.15, -0.1) is 0 Å². The van der Waals surface area contributed by atoms with Gasteiger partial charge in [-0.2, -0.15) is 0 Å². The van der Waals surface area contributed by atoms with Crippen molar-refractivity contribution in [3.05, 3.63) is 29.8 Å². The van der Waals surface area contributed by atoms with Crippen LogP contribution in [0, 0.1) is 5.92 Å². The number of nitrogens with one attached hydrogen (secondary N) is 2. The molecule has 0 radical (unpaired) electrons. The lowest BCUT2D eigenvalue weighted by atomic mass is 10.1. The fourth-order valence-corrected chi connectivity index (χ4v) is 2.50. The van der Waals surface area contributed by atoms with Crippen molar-refractivity contribution in [1.29, 1.82) is 0 Å². The molecular formula is C17H23N3O4. The summed E-state index contributed by atoms with van der Waals surface area (Å²) < 4.78 is 0. The molecule has 0 bridgehead atoms. The van der Waals surface area contributed by atoms with Gasteiger partial charge >= 0.3 is 12.0 Å². The molecule has 1 heterocycles. The molecule has 1 aromatic carbocycles. The van der Waals surface area contributed by atoms with Crippen LogP contribution in [0.5, 0.6) is 0 Å². The minimum Gasteiger partial charge on any atom is -0.481 e. The normalized spacial score (nSPS) is 17.5. The van der Waals surface area contributed by atoms with Crippen LogP contribution in [0.2, 0.25) is 0 Å². The van der Waals surface area contributed by atoms with Gasteiger partial charge in [0.05, 0.1) is 5.92 Å². The Morgan fingerprint density at radius 3 is 2.54 bits per heavy atom. The molecule has 1 aromatic rings. The van der Waals surface area contributed by atoms with E-state index >= 15 is 0 Å². The average Bonchev–Trinajstić information content (AvgIpc) is 2.96. The van der Waals surface area contributed by atoms with Crippen LogP contribution in [0.3, 0.4) is 0 Å². The van der Waals surface area contributed by atoms with Crippen molar-refractivity contribution in [2.45, 2.75) is 32.7 Å². The maximum atomic E-state index is 12.2. The van der Waals surface area contributed by atoms with Gasteiger partial charge < -0.3 is 20.6 Å². The molecule has 24 heavy (non-hydrogen) atoms. The van der Waals surface area contributed by atoms with Crippen LogP contribution in [-0.2, 0) is 4.79 Å². The van der Waals surface area contributed by atoms with Gasteiger partial charge in [0.15, 0.2) is 0 Å². The zero-order valence-electron chi connectivity index (χ0n) is 14.1. The van der Waals surface area contributed by atoms with Crippen molar-refractivity contribution in [2.75, 3.05) is 18.4 Å². The van der Waals surface area contributed by atoms with Crippen molar-refractivity contribution in [3.8, 4) is 0 Å². The SMILES string of the molecule is CC(C)(C)NC(=O)c1cccc(NC(=O)N2CCC(C(=O)O)C2)c1. The summed E-state index contributed by atoms with van der Waals surface area (Å²) in [5.74, 6) is -1.61. The summed E-state index contributed by atoms with van der Waals surface area (Å²) in [5, 5.41) is 14.6. The monoisotopic (exact) mass is 333 g/mol. The third-order valence-electron chi connectivity index (χ3n) is 3.69. The molecule has 3 amide bonds. The number of rotatable bonds is 3. The molecule has 1 fully saturated rings. The Labute approximate surface area is 141 Å². The minimum atomic E-state index is -0.883. The van der Waals surface area contributed by atoms with E-state index in [2.05, 4.69) is 10.6 Å². The lowest BCUT2D eigenvalue weighted by molar-refractivity contribution is -0.141. The smallest absolute Gasteiger partial charge is 0.321 e. The summed E-state index contributed by atoms with van der Waals surface area (Å²) in [7, 11) is 0. The molecule has 130 valence electrons. The Bertz CT molecular complexity index is 651. The third kappa shape index (κ3) is 4.71. The average molecular weight is 333 g/mol. The first-order chi connectivity index (χ1) is 11.2. The molecule has 1 aliphatic heterocycles. The largest absolute Gasteiger partial charge is 0.481 e. The predicted octanol–water partition coefficient (Wildman–Crippen LogP) is 2.15. The fourth-order valence-electron chi connectivity index (χ4n) is 2.50. The van der Waals surface area contributed by atoms with E-state index in [-0.39, 0.29) is 24.0 Å². The molecule has 0 aromatic heterocycles. The number of amides is 3. The molecule has 0 spiro atoms. The Morgan fingerprint density at radius 1 is 1.25 bits per heavy atom. The number of anilines is 1. The van der Waals surface area contributed by atoms with Gasteiger partial charge in [0.25, 0.3) is 5.91 Å². The first kappa shape index (κ1) is 17.8. The Balaban J connectivity index is 2.01. The van der Waals surface area contributed by atoms with E-state index in [1.165, 1.54) is 4.90 Å². The topological polar surface area (TPSA) is 98.7 Å². The summed E-state index contributed by atoms with van der Waals surface area (Å²) in [4.78, 5) is 36.8. The number of urea groups is 1.